The van der Waals surface area contributed by atoms with Crippen molar-refractivity contribution in [3.8, 4) is 11.1 Å². The molecule has 0 saturated heterocycles. The SMILES string of the molecule is C1=C([Si]C2=Cc3ccccc3C2c2ccccc2-c2ccccc2)Cc2ccccc21. The van der Waals surface area contributed by atoms with Gasteiger partial charge in [0.2, 0.25) is 0 Å². The van der Waals surface area contributed by atoms with Crippen LogP contribution in [0.2, 0.25) is 0 Å². The molecule has 4 aromatic rings. The third-order valence-corrected chi connectivity index (χ3v) is 7.72. The van der Waals surface area contributed by atoms with Crippen LogP contribution >= 0.6 is 0 Å². The first-order chi connectivity index (χ1) is 15.4. The summed E-state index contributed by atoms with van der Waals surface area (Å²) < 4.78 is 0. The number of rotatable bonds is 4. The zero-order valence-electron chi connectivity index (χ0n) is 17.3. The van der Waals surface area contributed by atoms with E-state index < -0.39 is 0 Å². The van der Waals surface area contributed by atoms with Gasteiger partial charge in [-0.25, -0.2) is 0 Å². The van der Waals surface area contributed by atoms with E-state index in [2.05, 4.69) is 115 Å². The van der Waals surface area contributed by atoms with Crippen molar-refractivity contribution < 1.29 is 0 Å². The lowest BCUT2D eigenvalue weighted by Gasteiger charge is -2.21. The van der Waals surface area contributed by atoms with Crippen LogP contribution in [0.5, 0.6) is 0 Å². The van der Waals surface area contributed by atoms with E-state index >= 15 is 0 Å². The third-order valence-electron chi connectivity index (χ3n) is 6.36. The van der Waals surface area contributed by atoms with Gasteiger partial charge >= 0.3 is 0 Å². The first kappa shape index (κ1) is 18.4. The molecule has 2 aliphatic rings. The molecule has 6 rings (SSSR count). The zero-order valence-corrected chi connectivity index (χ0v) is 18.3. The predicted octanol–water partition coefficient (Wildman–Crippen LogP) is 7.14. The van der Waals surface area contributed by atoms with E-state index in [0.29, 0.717) is 15.4 Å². The van der Waals surface area contributed by atoms with Crippen molar-refractivity contribution in [3.63, 3.8) is 0 Å². The zero-order chi connectivity index (χ0) is 20.6. The Morgan fingerprint density at radius 3 is 2.10 bits per heavy atom. The molecule has 0 bridgehead atoms. The highest BCUT2D eigenvalue weighted by Gasteiger charge is 2.30. The van der Waals surface area contributed by atoms with Crippen molar-refractivity contribution in [1.29, 1.82) is 0 Å². The van der Waals surface area contributed by atoms with Gasteiger partial charge in [0.15, 0.2) is 0 Å². The maximum atomic E-state index is 2.45. The van der Waals surface area contributed by atoms with Gasteiger partial charge in [-0.3, -0.25) is 0 Å². The molecule has 1 heteroatoms. The first-order valence-corrected chi connectivity index (χ1v) is 11.9. The van der Waals surface area contributed by atoms with Gasteiger partial charge in [-0.1, -0.05) is 126 Å². The monoisotopic (exact) mass is 410 g/mol. The van der Waals surface area contributed by atoms with Gasteiger partial charge in [0.25, 0.3) is 0 Å². The summed E-state index contributed by atoms with van der Waals surface area (Å²) in [5.74, 6) is 0.315. The van der Waals surface area contributed by atoms with Crippen LogP contribution in [0.4, 0.5) is 0 Å². The molecule has 0 aromatic heterocycles. The number of allylic oxidation sites excluding steroid dienone is 2. The Hall–Kier alpha value is -3.42. The van der Waals surface area contributed by atoms with Crippen LogP contribution in [-0.4, -0.2) is 9.52 Å². The molecular weight excluding hydrogens is 388 g/mol. The van der Waals surface area contributed by atoms with Crippen LogP contribution in [-0.2, 0) is 6.42 Å². The Balaban J connectivity index is 1.43. The van der Waals surface area contributed by atoms with E-state index in [1.54, 1.807) is 5.20 Å². The summed E-state index contributed by atoms with van der Waals surface area (Å²) in [6.45, 7) is 0. The van der Waals surface area contributed by atoms with Gasteiger partial charge in [0.1, 0.15) is 9.52 Å². The summed E-state index contributed by atoms with van der Waals surface area (Å²) in [7, 11) is 0.714. The molecule has 1 unspecified atom stereocenters. The number of hydrogen-bond donors (Lipinski definition) is 0. The van der Waals surface area contributed by atoms with Crippen LogP contribution in [0.15, 0.2) is 114 Å². The Labute approximate surface area is 186 Å². The molecule has 2 aliphatic carbocycles. The molecule has 146 valence electrons. The highest BCUT2D eigenvalue weighted by Crippen LogP contribution is 2.44. The van der Waals surface area contributed by atoms with Gasteiger partial charge in [-0.05, 0) is 45.4 Å². The molecule has 0 N–H and O–H groups in total. The Bertz CT molecular complexity index is 1330. The third kappa shape index (κ3) is 3.32. The average Bonchev–Trinajstić information content (AvgIpc) is 3.40. The lowest BCUT2D eigenvalue weighted by molar-refractivity contribution is 1.03. The Morgan fingerprint density at radius 1 is 0.581 bits per heavy atom. The topological polar surface area (TPSA) is 0 Å². The number of benzene rings is 4. The summed E-state index contributed by atoms with van der Waals surface area (Å²) in [6.07, 6.45) is 5.94. The molecule has 0 fully saturated rings. The molecular formula is C30H22Si. The van der Waals surface area contributed by atoms with Crippen molar-refractivity contribution >= 4 is 21.7 Å². The second-order valence-electron chi connectivity index (χ2n) is 8.29. The average molecular weight is 411 g/mol. The fraction of sp³-hybridized carbons (Fsp3) is 0.0667. The standard InChI is InChI=1S/C30H22Si/c1-2-10-21(11-3-1)26-15-8-9-17-28(26)30-27-16-7-6-14-24(27)20-29(30)31-25-18-22-12-4-5-13-23(22)19-25/h1-18,20,30H,19H2. The Morgan fingerprint density at radius 2 is 1.26 bits per heavy atom. The van der Waals surface area contributed by atoms with Gasteiger partial charge < -0.3 is 0 Å². The molecule has 2 radical (unpaired) electrons. The van der Waals surface area contributed by atoms with Crippen molar-refractivity contribution in [2.75, 3.05) is 0 Å². The summed E-state index contributed by atoms with van der Waals surface area (Å²) in [4.78, 5) is 0. The fourth-order valence-electron chi connectivity index (χ4n) is 4.94. The van der Waals surface area contributed by atoms with Crippen LogP contribution in [0.25, 0.3) is 23.3 Å². The number of fused-ring (bicyclic) bond motifs is 2. The summed E-state index contributed by atoms with van der Waals surface area (Å²) >= 11 is 0. The van der Waals surface area contributed by atoms with Gasteiger partial charge in [0.05, 0.1) is 0 Å². The smallest absolute Gasteiger partial charge is 0.0748 e. The van der Waals surface area contributed by atoms with E-state index in [4.69, 9.17) is 0 Å². The van der Waals surface area contributed by atoms with Crippen LogP contribution in [0.3, 0.4) is 0 Å². The minimum atomic E-state index is 0.315. The lowest BCUT2D eigenvalue weighted by atomic mass is 9.87. The van der Waals surface area contributed by atoms with E-state index in [1.807, 2.05) is 0 Å². The summed E-state index contributed by atoms with van der Waals surface area (Å²) in [5.41, 5.74) is 9.69. The van der Waals surface area contributed by atoms with Gasteiger partial charge in [0, 0.05) is 5.92 Å². The maximum Gasteiger partial charge on any atom is 0.111 e. The lowest BCUT2D eigenvalue weighted by Crippen LogP contribution is -2.10. The Kier molecular flexibility index (Phi) is 4.55. The molecule has 0 amide bonds. The highest BCUT2D eigenvalue weighted by atomic mass is 28.2. The number of hydrogen-bond acceptors (Lipinski definition) is 0. The quantitative estimate of drug-likeness (QED) is 0.314. The van der Waals surface area contributed by atoms with Crippen molar-refractivity contribution in [3.05, 3.63) is 141 Å². The second kappa shape index (κ2) is 7.68. The fourth-order valence-corrected chi connectivity index (χ4v) is 6.50. The van der Waals surface area contributed by atoms with Crippen molar-refractivity contribution in [1.82, 2.24) is 0 Å². The maximum absolute atomic E-state index is 2.45. The molecule has 0 heterocycles. The van der Waals surface area contributed by atoms with Crippen LogP contribution in [0, 0.1) is 0 Å². The predicted molar refractivity (Wildman–Crippen MR) is 132 cm³/mol. The minimum absolute atomic E-state index is 0.315. The summed E-state index contributed by atoms with van der Waals surface area (Å²) in [6, 6.07) is 37.5. The van der Waals surface area contributed by atoms with Crippen molar-refractivity contribution in [2.45, 2.75) is 12.3 Å². The molecule has 0 aliphatic heterocycles. The molecule has 0 saturated carbocycles. The minimum Gasteiger partial charge on any atom is -0.0748 e. The first-order valence-electron chi connectivity index (χ1n) is 10.9. The van der Waals surface area contributed by atoms with Crippen molar-refractivity contribution in [2.24, 2.45) is 0 Å². The summed E-state index contributed by atoms with van der Waals surface area (Å²) in [5, 5.41) is 3.08. The highest BCUT2D eigenvalue weighted by molar-refractivity contribution is 6.57. The van der Waals surface area contributed by atoms with Gasteiger partial charge in [-0.15, -0.1) is 0 Å². The molecule has 1 atom stereocenters. The van der Waals surface area contributed by atoms with E-state index in [1.165, 1.54) is 44.1 Å². The van der Waals surface area contributed by atoms with E-state index in [9.17, 15) is 0 Å². The molecule has 31 heavy (non-hydrogen) atoms. The molecule has 0 spiro atoms. The van der Waals surface area contributed by atoms with Gasteiger partial charge in [-0.2, -0.15) is 0 Å². The van der Waals surface area contributed by atoms with Crippen LogP contribution in [0.1, 0.15) is 33.7 Å². The van der Waals surface area contributed by atoms with E-state index in [-0.39, 0.29) is 0 Å². The second-order valence-corrected chi connectivity index (χ2v) is 9.75. The van der Waals surface area contributed by atoms with Crippen LogP contribution < -0.4 is 0 Å². The largest absolute Gasteiger partial charge is 0.111 e. The normalized spacial score (nSPS) is 16.5. The molecule has 0 nitrogen and oxygen atoms in total. The van der Waals surface area contributed by atoms with E-state index in [0.717, 1.165) is 6.42 Å². The molecule has 4 aromatic carbocycles.